The first kappa shape index (κ1) is 17.2. The van der Waals surface area contributed by atoms with Gasteiger partial charge in [-0.15, -0.1) is 0 Å². The van der Waals surface area contributed by atoms with E-state index >= 15 is 0 Å². The molecule has 0 aliphatic heterocycles. The summed E-state index contributed by atoms with van der Waals surface area (Å²) in [6, 6.07) is 24.5. The fourth-order valence-electron chi connectivity index (χ4n) is 2.56. The van der Waals surface area contributed by atoms with Gasteiger partial charge in [-0.05, 0) is 53.9 Å². The highest BCUT2D eigenvalue weighted by atomic mass is 16.2. The van der Waals surface area contributed by atoms with Crippen LogP contribution in [0.2, 0.25) is 0 Å². The predicted molar refractivity (Wildman–Crippen MR) is 106 cm³/mol. The van der Waals surface area contributed by atoms with Crippen LogP contribution in [0.25, 0.3) is 0 Å². The molecule has 5 nitrogen and oxygen atoms in total. The Bertz CT molecular complexity index is 888. The zero-order chi connectivity index (χ0) is 18.4. The van der Waals surface area contributed by atoms with Gasteiger partial charge in [0.05, 0.1) is 0 Å². The van der Waals surface area contributed by atoms with E-state index in [0.717, 1.165) is 12.1 Å². The summed E-state index contributed by atoms with van der Waals surface area (Å²) >= 11 is 0. The van der Waals surface area contributed by atoms with Crippen molar-refractivity contribution in [1.82, 2.24) is 0 Å². The summed E-state index contributed by atoms with van der Waals surface area (Å²) in [5.74, 6) is -0.00315. The van der Waals surface area contributed by atoms with Crippen molar-refractivity contribution >= 4 is 23.2 Å². The summed E-state index contributed by atoms with van der Waals surface area (Å²) < 4.78 is 0. The smallest absolute Gasteiger partial charge is 0.323 e. The number of hydrogen-bond acceptors (Lipinski definition) is 2. The molecular weight excluding hydrogens is 324 g/mol. The molecule has 0 atom stereocenters. The van der Waals surface area contributed by atoms with Gasteiger partial charge < -0.3 is 16.4 Å². The number of amidine groups is 1. The maximum atomic E-state index is 12.1. The molecule has 0 fully saturated rings. The SMILES string of the molecule is N=C(N)c1ccc(NC(=O)Nc2ccc(Cc3ccccc3)cc2)cc1. The van der Waals surface area contributed by atoms with Gasteiger partial charge in [-0.2, -0.15) is 0 Å². The van der Waals surface area contributed by atoms with E-state index < -0.39 is 0 Å². The fourth-order valence-corrected chi connectivity index (χ4v) is 2.56. The standard InChI is InChI=1S/C21H20N4O/c22-20(23)17-8-12-19(13-9-17)25-21(26)24-18-10-6-16(7-11-18)14-15-4-2-1-3-5-15/h1-13H,14H2,(H3,22,23)(H2,24,25,26). The number of rotatable bonds is 5. The normalized spacial score (nSPS) is 10.2. The van der Waals surface area contributed by atoms with E-state index in [0.29, 0.717) is 11.3 Å². The lowest BCUT2D eigenvalue weighted by Gasteiger charge is -2.09. The predicted octanol–water partition coefficient (Wildman–Crippen LogP) is 4.21. The minimum atomic E-state index is -0.323. The van der Waals surface area contributed by atoms with E-state index in [1.165, 1.54) is 11.1 Å². The Kier molecular flexibility index (Phi) is 5.29. The quantitative estimate of drug-likeness (QED) is 0.412. The number of urea groups is 1. The first-order valence-corrected chi connectivity index (χ1v) is 8.25. The van der Waals surface area contributed by atoms with Crippen LogP contribution in [0.5, 0.6) is 0 Å². The van der Waals surface area contributed by atoms with Gasteiger partial charge in [-0.25, -0.2) is 4.79 Å². The molecular formula is C21H20N4O. The second kappa shape index (κ2) is 7.98. The molecule has 0 saturated carbocycles. The van der Waals surface area contributed by atoms with Crippen LogP contribution in [0.15, 0.2) is 78.9 Å². The van der Waals surface area contributed by atoms with Crippen molar-refractivity contribution in [3.63, 3.8) is 0 Å². The van der Waals surface area contributed by atoms with Crippen molar-refractivity contribution in [2.45, 2.75) is 6.42 Å². The van der Waals surface area contributed by atoms with Gasteiger partial charge in [0.15, 0.2) is 0 Å². The minimum absolute atomic E-state index is 0.00315. The van der Waals surface area contributed by atoms with Gasteiger partial charge in [0, 0.05) is 16.9 Å². The summed E-state index contributed by atoms with van der Waals surface area (Å²) in [4.78, 5) is 12.1. The minimum Gasteiger partial charge on any atom is -0.384 e. The molecule has 0 aliphatic carbocycles. The van der Waals surface area contributed by atoms with Crippen molar-refractivity contribution < 1.29 is 4.79 Å². The Morgan fingerprint density at radius 3 is 1.81 bits per heavy atom. The number of carbonyl (C=O) groups is 1. The Hall–Kier alpha value is -3.60. The molecule has 3 rings (SSSR count). The third kappa shape index (κ3) is 4.70. The number of anilines is 2. The summed E-state index contributed by atoms with van der Waals surface area (Å²) in [6.07, 6.45) is 0.857. The highest BCUT2D eigenvalue weighted by molar-refractivity contribution is 6.00. The summed E-state index contributed by atoms with van der Waals surface area (Å²) in [5.41, 5.74) is 9.81. The molecule has 0 aliphatic rings. The van der Waals surface area contributed by atoms with Gasteiger partial charge in [0.2, 0.25) is 0 Å². The summed E-state index contributed by atoms with van der Waals surface area (Å²) in [7, 11) is 0. The molecule has 3 aromatic carbocycles. The molecule has 3 aromatic rings. The molecule has 0 heterocycles. The molecule has 0 radical (unpaired) electrons. The van der Waals surface area contributed by atoms with E-state index in [1.54, 1.807) is 24.3 Å². The lowest BCUT2D eigenvalue weighted by atomic mass is 10.0. The van der Waals surface area contributed by atoms with Crippen molar-refractivity contribution in [2.24, 2.45) is 5.73 Å². The van der Waals surface area contributed by atoms with Crippen LogP contribution in [-0.4, -0.2) is 11.9 Å². The lowest BCUT2D eigenvalue weighted by Crippen LogP contribution is -2.19. The zero-order valence-electron chi connectivity index (χ0n) is 14.2. The van der Waals surface area contributed by atoms with Gasteiger partial charge in [0.25, 0.3) is 0 Å². The first-order chi connectivity index (χ1) is 12.6. The van der Waals surface area contributed by atoms with Crippen LogP contribution in [0.1, 0.15) is 16.7 Å². The number of nitrogen functional groups attached to an aromatic ring is 1. The second-order valence-electron chi connectivity index (χ2n) is 5.93. The number of hydrogen-bond donors (Lipinski definition) is 4. The Balaban J connectivity index is 1.56. The molecule has 2 amide bonds. The zero-order valence-corrected chi connectivity index (χ0v) is 14.2. The number of nitrogens with two attached hydrogens (primary N) is 1. The Morgan fingerprint density at radius 1 is 0.769 bits per heavy atom. The molecule has 0 aromatic heterocycles. The Labute approximate surface area is 152 Å². The highest BCUT2D eigenvalue weighted by Gasteiger charge is 2.04. The van der Waals surface area contributed by atoms with E-state index in [-0.39, 0.29) is 11.9 Å². The third-order valence-corrected chi connectivity index (χ3v) is 3.92. The van der Waals surface area contributed by atoms with E-state index in [9.17, 15) is 4.79 Å². The topological polar surface area (TPSA) is 91.0 Å². The summed E-state index contributed by atoms with van der Waals surface area (Å²) in [6.45, 7) is 0. The highest BCUT2D eigenvalue weighted by Crippen LogP contribution is 2.15. The number of carbonyl (C=O) groups excluding carboxylic acids is 1. The average Bonchev–Trinajstić information content (AvgIpc) is 2.64. The maximum absolute atomic E-state index is 12.1. The molecule has 0 bridgehead atoms. The Morgan fingerprint density at radius 2 is 1.27 bits per heavy atom. The van der Waals surface area contributed by atoms with Gasteiger partial charge >= 0.3 is 6.03 Å². The van der Waals surface area contributed by atoms with Crippen LogP contribution in [-0.2, 0) is 6.42 Å². The van der Waals surface area contributed by atoms with Crippen LogP contribution < -0.4 is 16.4 Å². The van der Waals surface area contributed by atoms with Crippen molar-refractivity contribution in [1.29, 1.82) is 5.41 Å². The van der Waals surface area contributed by atoms with E-state index in [4.69, 9.17) is 11.1 Å². The number of amides is 2. The van der Waals surface area contributed by atoms with E-state index in [2.05, 4.69) is 22.8 Å². The average molecular weight is 344 g/mol. The largest absolute Gasteiger partial charge is 0.384 e. The fraction of sp³-hybridized carbons (Fsp3) is 0.0476. The third-order valence-electron chi connectivity index (χ3n) is 3.92. The van der Waals surface area contributed by atoms with Crippen molar-refractivity contribution in [3.05, 3.63) is 95.6 Å². The summed E-state index contributed by atoms with van der Waals surface area (Å²) in [5, 5.41) is 12.9. The lowest BCUT2D eigenvalue weighted by molar-refractivity contribution is 0.262. The molecule has 5 heteroatoms. The number of benzene rings is 3. The molecule has 0 unspecified atom stereocenters. The van der Waals surface area contributed by atoms with Crippen LogP contribution in [0.4, 0.5) is 16.2 Å². The molecule has 130 valence electrons. The van der Waals surface area contributed by atoms with Gasteiger partial charge in [-0.1, -0.05) is 42.5 Å². The van der Waals surface area contributed by atoms with Gasteiger partial charge in [-0.3, -0.25) is 5.41 Å². The van der Waals surface area contributed by atoms with Gasteiger partial charge in [0.1, 0.15) is 5.84 Å². The number of nitrogens with one attached hydrogen (secondary N) is 3. The van der Waals surface area contributed by atoms with Crippen molar-refractivity contribution in [3.8, 4) is 0 Å². The van der Waals surface area contributed by atoms with Crippen LogP contribution >= 0.6 is 0 Å². The monoisotopic (exact) mass is 344 g/mol. The molecule has 5 N–H and O–H groups in total. The van der Waals surface area contributed by atoms with Crippen molar-refractivity contribution in [2.75, 3.05) is 10.6 Å². The van der Waals surface area contributed by atoms with Crippen LogP contribution in [0, 0.1) is 5.41 Å². The first-order valence-electron chi connectivity index (χ1n) is 8.25. The molecule has 26 heavy (non-hydrogen) atoms. The van der Waals surface area contributed by atoms with E-state index in [1.807, 2.05) is 42.5 Å². The molecule has 0 saturated heterocycles. The van der Waals surface area contributed by atoms with Crippen LogP contribution in [0.3, 0.4) is 0 Å². The maximum Gasteiger partial charge on any atom is 0.323 e. The second-order valence-corrected chi connectivity index (χ2v) is 5.93. The molecule has 0 spiro atoms.